The van der Waals surface area contributed by atoms with E-state index in [-0.39, 0.29) is 11.6 Å². The van der Waals surface area contributed by atoms with Crippen molar-refractivity contribution in [2.45, 2.75) is 5.01 Å². The number of ether oxygens (including phenoxy) is 1. The van der Waals surface area contributed by atoms with Gasteiger partial charge in [-0.15, -0.1) is 0 Å². The van der Waals surface area contributed by atoms with Crippen LogP contribution in [0.1, 0.15) is 0 Å². The van der Waals surface area contributed by atoms with Crippen LogP contribution in [0.4, 0.5) is 0 Å². The quantitative estimate of drug-likeness (QED) is 0.540. The van der Waals surface area contributed by atoms with E-state index in [0.29, 0.717) is 0 Å². The maximum Gasteiger partial charge on any atom is 0.138 e. The first-order chi connectivity index (χ1) is 2.81. The summed E-state index contributed by atoms with van der Waals surface area (Å²) in [6.07, 6.45) is 0. The molecule has 3 heteroatoms. The van der Waals surface area contributed by atoms with Gasteiger partial charge in [0.05, 0.1) is 0 Å². The van der Waals surface area contributed by atoms with Gasteiger partial charge in [0, 0.05) is 7.11 Å². The molecule has 1 atom stereocenters. The Morgan fingerprint density at radius 1 is 2.00 bits per heavy atom. The average molecular weight is 154 g/mol. The van der Waals surface area contributed by atoms with Gasteiger partial charge >= 0.3 is 0 Å². The maximum absolute atomic E-state index is 9.69. The topological polar surface area (TPSA) is 29.1 Å². The molecule has 1 radical (unpaired) electrons. The number of alkyl halides is 1. The summed E-state index contributed by atoms with van der Waals surface area (Å²) in [5.41, 5.74) is 0. The first-order valence-corrected chi connectivity index (χ1v) is 2.47. The van der Waals surface area contributed by atoms with Crippen molar-refractivity contribution in [3.8, 4) is 0 Å². The van der Waals surface area contributed by atoms with Crippen LogP contribution in [0, 0.1) is 0 Å². The monoisotopic (exact) mass is 153 g/mol. The van der Waals surface area contributed by atoms with Gasteiger partial charge in [-0.2, -0.15) is 0 Å². The van der Waals surface area contributed by atoms with Crippen molar-refractivity contribution in [3.05, 3.63) is 0 Å². The van der Waals surface area contributed by atoms with E-state index in [4.69, 9.17) is 0 Å². The van der Waals surface area contributed by atoms with Crippen molar-refractivity contribution in [2.75, 3.05) is 13.7 Å². The highest BCUT2D eigenvalue weighted by Gasteiger charge is 1.94. The fourth-order valence-electron chi connectivity index (χ4n) is 0.0680. The minimum atomic E-state index is -0.308. The summed E-state index contributed by atoms with van der Waals surface area (Å²) >= 11 is 2.94. The first-order valence-electron chi connectivity index (χ1n) is 1.56. The molecule has 0 aromatic carbocycles. The van der Waals surface area contributed by atoms with Gasteiger partial charge in [-0.05, 0) is 0 Å². The molecule has 0 fully saturated rings. The summed E-state index contributed by atoms with van der Waals surface area (Å²) in [5, 5.41) is 9.38. The summed E-state index contributed by atoms with van der Waals surface area (Å²) in [6.45, 7) is -0.226. The Morgan fingerprint density at radius 3 is 2.50 bits per heavy atom. The molecule has 0 aliphatic rings. The van der Waals surface area contributed by atoms with E-state index >= 15 is 0 Å². The van der Waals surface area contributed by atoms with Gasteiger partial charge in [-0.25, -0.2) is 5.11 Å². The zero-order chi connectivity index (χ0) is 4.99. The third-order valence-corrected chi connectivity index (χ3v) is 1.02. The summed E-state index contributed by atoms with van der Waals surface area (Å²) in [7, 11) is 1.48. The van der Waals surface area contributed by atoms with Crippen molar-refractivity contribution in [1.29, 1.82) is 0 Å². The van der Waals surface area contributed by atoms with E-state index in [2.05, 4.69) is 20.7 Å². The van der Waals surface area contributed by atoms with E-state index in [9.17, 15) is 5.11 Å². The van der Waals surface area contributed by atoms with Crippen LogP contribution in [0.2, 0.25) is 0 Å². The molecule has 1 unspecified atom stereocenters. The predicted octanol–water partition coefficient (Wildman–Crippen LogP) is 0.784. The third-order valence-electron chi connectivity index (χ3n) is 0.387. The second-order valence-corrected chi connectivity index (χ2v) is 1.83. The molecule has 0 N–H and O–H groups in total. The molecular formula is C3H6BrO2. The molecule has 0 aromatic heterocycles. The number of methoxy groups -OCH3 is 1. The lowest BCUT2D eigenvalue weighted by Crippen LogP contribution is -2.03. The Bertz CT molecular complexity index is 28.0. The molecular weight excluding hydrogens is 148 g/mol. The molecule has 2 nitrogen and oxygen atoms in total. The molecule has 0 heterocycles. The zero-order valence-corrected chi connectivity index (χ0v) is 5.06. The third kappa shape index (κ3) is 2.63. The van der Waals surface area contributed by atoms with Crippen LogP contribution in [-0.4, -0.2) is 18.7 Å². The Hall–Kier alpha value is 0.400. The van der Waals surface area contributed by atoms with Gasteiger partial charge in [-0.1, -0.05) is 15.9 Å². The van der Waals surface area contributed by atoms with E-state index in [0.717, 1.165) is 0 Å². The van der Waals surface area contributed by atoms with Crippen LogP contribution in [0.25, 0.3) is 0 Å². The van der Waals surface area contributed by atoms with Crippen LogP contribution in [0.15, 0.2) is 0 Å². The number of halogens is 1. The van der Waals surface area contributed by atoms with Crippen LogP contribution in [0.3, 0.4) is 0 Å². The van der Waals surface area contributed by atoms with Crippen molar-refractivity contribution >= 4 is 15.9 Å². The molecule has 37 valence electrons. The Labute approximate surface area is 45.2 Å². The predicted molar refractivity (Wildman–Crippen MR) is 25.3 cm³/mol. The van der Waals surface area contributed by atoms with Gasteiger partial charge in [0.15, 0.2) is 0 Å². The second-order valence-electron chi connectivity index (χ2n) is 0.812. The summed E-state index contributed by atoms with van der Waals surface area (Å²) in [6, 6.07) is 0. The highest BCUT2D eigenvalue weighted by molar-refractivity contribution is 9.09. The van der Waals surface area contributed by atoms with Crippen molar-refractivity contribution in [3.63, 3.8) is 0 Å². The van der Waals surface area contributed by atoms with E-state index in [1.807, 2.05) is 0 Å². The summed E-state index contributed by atoms with van der Waals surface area (Å²) < 4.78 is 4.50. The molecule has 0 aliphatic carbocycles. The smallest absolute Gasteiger partial charge is 0.138 e. The standard InChI is InChI=1S/C3H6BrO2/c1-6-3(4)2-5/h3H,2H2,1H3. The highest BCUT2D eigenvalue weighted by Crippen LogP contribution is 1.95. The van der Waals surface area contributed by atoms with E-state index < -0.39 is 0 Å². The van der Waals surface area contributed by atoms with Crippen LogP contribution in [0.5, 0.6) is 0 Å². The number of rotatable bonds is 2. The molecule has 0 aliphatic heterocycles. The molecule has 6 heavy (non-hydrogen) atoms. The van der Waals surface area contributed by atoms with Gasteiger partial charge < -0.3 is 4.74 Å². The maximum atomic E-state index is 9.69. The minimum absolute atomic E-state index is 0.226. The summed E-state index contributed by atoms with van der Waals surface area (Å²) in [5.74, 6) is 0. The Balaban J connectivity index is 2.75. The lowest BCUT2D eigenvalue weighted by atomic mass is 10.8. The van der Waals surface area contributed by atoms with Gasteiger partial charge in [0.25, 0.3) is 0 Å². The van der Waals surface area contributed by atoms with E-state index in [1.165, 1.54) is 7.11 Å². The lowest BCUT2D eigenvalue weighted by Gasteiger charge is -1.96. The van der Waals surface area contributed by atoms with Gasteiger partial charge in [0.2, 0.25) is 0 Å². The van der Waals surface area contributed by atoms with Crippen LogP contribution in [-0.2, 0) is 9.84 Å². The molecule has 0 amide bonds. The van der Waals surface area contributed by atoms with Crippen LogP contribution >= 0.6 is 15.9 Å². The summed E-state index contributed by atoms with van der Waals surface area (Å²) in [4.78, 5) is 0. The van der Waals surface area contributed by atoms with Crippen molar-refractivity contribution in [1.82, 2.24) is 0 Å². The molecule has 0 aromatic rings. The molecule has 0 bridgehead atoms. The fourth-order valence-corrected chi connectivity index (χ4v) is 0.0680. The van der Waals surface area contributed by atoms with Crippen LogP contribution < -0.4 is 0 Å². The van der Waals surface area contributed by atoms with E-state index in [1.54, 1.807) is 0 Å². The highest BCUT2D eigenvalue weighted by atomic mass is 79.9. The largest absolute Gasteiger partial charge is 0.368 e. The fraction of sp³-hybridized carbons (Fsp3) is 1.00. The Kier molecular flexibility index (Phi) is 3.82. The number of hydrogen-bond donors (Lipinski definition) is 0. The SMILES string of the molecule is COC(Br)C[O]. The minimum Gasteiger partial charge on any atom is -0.368 e. The lowest BCUT2D eigenvalue weighted by molar-refractivity contribution is 0.0772. The first kappa shape index (κ1) is 6.40. The van der Waals surface area contributed by atoms with Gasteiger partial charge in [-0.3, -0.25) is 0 Å². The normalized spacial score (nSPS) is 14.5. The van der Waals surface area contributed by atoms with Gasteiger partial charge in [0.1, 0.15) is 11.6 Å². The second kappa shape index (κ2) is 3.59. The zero-order valence-electron chi connectivity index (χ0n) is 3.48. The van der Waals surface area contributed by atoms with Crippen molar-refractivity contribution in [2.24, 2.45) is 0 Å². The average Bonchev–Trinajstić information content (AvgIpc) is 1.65. The molecule has 0 rings (SSSR count). The van der Waals surface area contributed by atoms with Crippen molar-refractivity contribution < 1.29 is 9.84 Å². The molecule has 0 spiro atoms. The number of hydrogen-bond acceptors (Lipinski definition) is 1. The Morgan fingerprint density at radius 2 is 2.50 bits per heavy atom. The molecule has 0 saturated heterocycles. The molecule has 0 saturated carbocycles.